The molecule has 0 aromatic heterocycles. The van der Waals surface area contributed by atoms with Crippen LogP contribution in [-0.2, 0) is 16.1 Å². The quantitative estimate of drug-likeness (QED) is 0.797. The predicted octanol–water partition coefficient (Wildman–Crippen LogP) is 1.06. The third kappa shape index (κ3) is 5.17. The molecule has 1 unspecified atom stereocenters. The predicted molar refractivity (Wildman–Crippen MR) is 96.7 cm³/mol. The van der Waals surface area contributed by atoms with Crippen LogP contribution in [-0.4, -0.2) is 86.2 Å². The molecular formula is C19H29N3O3. The molecule has 0 spiro atoms. The molecule has 1 aromatic carbocycles. The van der Waals surface area contributed by atoms with E-state index >= 15 is 0 Å². The number of morpholine rings is 1. The van der Waals surface area contributed by atoms with E-state index in [2.05, 4.69) is 28.9 Å². The van der Waals surface area contributed by atoms with E-state index in [0.29, 0.717) is 6.54 Å². The highest BCUT2D eigenvalue weighted by Crippen LogP contribution is 2.14. The van der Waals surface area contributed by atoms with E-state index < -0.39 is 0 Å². The summed E-state index contributed by atoms with van der Waals surface area (Å²) < 4.78 is 10.7. The maximum absolute atomic E-state index is 12.5. The lowest BCUT2D eigenvalue weighted by atomic mass is 10.2. The standard InChI is InChI=1S/C19H29N3O3/c1-16-13-21(11-12-25-16)15-19(23)22-9-7-20(8-10-22)14-17-3-5-18(24-2)6-4-17/h3-6,16H,7-15H2,1-2H3. The fraction of sp³-hybridized carbons (Fsp3) is 0.632. The molecule has 138 valence electrons. The van der Waals surface area contributed by atoms with E-state index in [1.54, 1.807) is 7.11 Å². The Morgan fingerprint density at radius 2 is 1.84 bits per heavy atom. The fourth-order valence-electron chi connectivity index (χ4n) is 3.47. The first-order chi connectivity index (χ1) is 12.1. The molecular weight excluding hydrogens is 318 g/mol. The lowest BCUT2D eigenvalue weighted by molar-refractivity contribution is -0.136. The average molecular weight is 347 g/mol. The fourth-order valence-corrected chi connectivity index (χ4v) is 3.47. The van der Waals surface area contributed by atoms with Gasteiger partial charge in [-0.25, -0.2) is 0 Å². The Balaban J connectivity index is 1.42. The highest BCUT2D eigenvalue weighted by atomic mass is 16.5. The molecule has 1 atom stereocenters. The highest BCUT2D eigenvalue weighted by Gasteiger charge is 2.24. The van der Waals surface area contributed by atoms with Crippen LogP contribution >= 0.6 is 0 Å². The minimum absolute atomic E-state index is 0.225. The van der Waals surface area contributed by atoms with Crippen LogP contribution in [0.4, 0.5) is 0 Å². The molecule has 2 fully saturated rings. The minimum Gasteiger partial charge on any atom is -0.497 e. The number of hydrogen-bond acceptors (Lipinski definition) is 5. The Hall–Kier alpha value is -1.63. The van der Waals surface area contributed by atoms with Crippen molar-refractivity contribution in [2.24, 2.45) is 0 Å². The minimum atomic E-state index is 0.225. The number of ether oxygens (including phenoxy) is 2. The first kappa shape index (κ1) is 18.2. The first-order valence-corrected chi connectivity index (χ1v) is 9.11. The summed E-state index contributed by atoms with van der Waals surface area (Å²) in [7, 11) is 1.68. The number of rotatable bonds is 5. The van der Waals surface area contributed by atoms with Gasteiger partial charge in [-0.05, 0) is 24.6 Å². The molecule has 0 saturated carbocycles. The lowest BCUT2D eigenvalue weighted by Crippen LogP contribution is -2.52. The van der Waals surface area contributed by atoms with Crippen molar-refractivity contribution in [3.63, 3.8) is 0 Å². The summed E-state index contributed by atoms with van der Waals surface area (Å²) in [6, 6.07) is 8.21. The van der Waals surface area contributed by atoms with Crippen molar-refractivity contribution in [3.8, 4) is 5.75 Å². The maximum atomic E-state index is 12.5. The zero-order valence-corrected chi connectivity index (χ0v) is 15.3. The summed E-state index contributed by atoms with van der Waals surface area (Å²) in [6.45, 7) is 9.42. The van der Waals surface area contributed by atoms with Crippen molar-refractivity contribution in [2.45, 2.75) is 19.6 Å². The molecule has 2 heterocycles. The molecule has 2 saturated heterocycles. The molecule has 6 nitrogen and oxygen atoms in total. The molecule has 1 aromatic rings. The topological polar surface area (TPSA) is 45.2 Å². The van der Waals surface area contributed by atoms with Gasteiger partial charge in [0.25, 0.3) is 0 Å². The lowest BCUT2D eigenvalue weighted by Gasteiger charge is -2.37. The van der Waals surface area contributed by atoms with E-state index in [0.717, 1.165) is 58.2 Å². The third-order valence-electron chi connectivity index (χ3n) is 4.97. The van der Waals surface area contributed by atoms with Crippen LogP contribution in [0, 0.1) is 0 Å². The van der Waals surface area contributed by atoms with Gasteiger partial charge in [-0.3, -0.25) is 14.6 Å². The molecule has 0 aliphatic carbocycles. The number of nitrogens with zero attached hydrogens (tertiary/aromatic N) is 3. The largest absolute Gasteiger partial charge is 0.497 e. The molecule has 2 aliphatic rings. The second-order valence-electron chi connectivity index (χ2n) is 6.92. The van der Waals surface area contributed by atoms with Crippen molar-refractivity contribution in [1.29, 1.82) is 0 Å². The van der Waals surface area contributed by atoms with E-state index in [9.17, 15) is 4.79 Å². The van der Waals surface area contributed by atoms with Gasteiger partial charge >= 0.3 is 0 Å². The zero-order valence-electron chi connectivity index (χ0n) is 15.3. The number of benzene rings is 1. The van der Waals surface area contributed by atoms with Crippen LogP contribution in [0.2, 0.25) is 0 Å². The van der Waals surface area contributed by atoms with Crippen LogP contribution in [0.25, 0.3) is 0 Å². The van der Waals surface area contributed by atoms with Gasteiger partial charge in [0.15, 0.2) is 0 Å². The molecule has 25 heavy (non-hydrogen) atoms. The summed E-state index contributed by atoms with van der Waals surface area (Å²) in [4.78, 5) is 19.1. The van der Waals surface area contributed by atoms with Crippen LogP contribution in [0.5, 0.6) is 5.75 Å². The maximum Gasteiger partial charge on any atom is 0.236 e. The van der Waals surface area contributed by atoms with Crippen molar-refractivity contribution in [1.82, 2.24) is 14.7 Å². The summed E-state index contributed by atoms with van der Waals surface area (Å²) in [5.41, 5.74) is 1.28. The molecule has 0 bridgehead atoms. The summed E-state index contributed by atoms with van der Waals surface area (Å²) >= 11 is 0. The smallest absolute Gasteiger partial charge is 0.236 e. The Bertz CT molecular complexity index is 556. The average Bonchev–Trinajstić information content (AvgIpc) is 2.63. The molecule has 3 rings (SSSR count). The van der Waals surface area contributed by atoms with E-state index in [-0.39, 0.29) is 12.0 Å². The van der Waals surface area contributed by atoms with Gasteiger partial charge in [-0.2, -0.15) is 0 Å². The molecule has 1 amide bonds. The Kier molecular flexibility index (Phi) is 6.29. The number of amides is 1. The molecule has 2 aliphatic heterocycles. The summed E-state index contributed by atoms with van der Waals surface area (Å²) in [6.07, 6.45) is 0.225. The SMILES string of the molecule is COc1ccc(CN2CCN(C(=O)CN3CCOC(C)C3)CC2)cc1. The Morgan fingerprint density at radius 1 is 1.12 bits per heavy atom. The number of carbonyl (C=O) groups is 1. The van der Waals surface area contributed by atoms with Gasteiger partial charge in [-0.15, -0.1) is 0 Å². The van der Waals surface area contributed by atoms with Crippen molar-refractivity contribution in [3.05, 3.63) is 29.8 Å². The van der Waals surface area contributed by atoms with Crippen LogP contribution < -0.4 is 4.74 Å². The van der Waals surface area contributed by atoms with Crippen molar-refractivity contribution < 1.29 is 14.3 Å². The second kappa shape index (κ2) is 8.65. The Morgan fingerprint density at radius 3 is 2.48 bits per heavy atom. The van der Waals surface area contributed by atoms with E-state index in [1.165, 1.54) is 5.56 Å². The number of piperazine rings is 1. The second-order valence-corrected chi connectivity index (χ2v) is 6.92. The van der Waals surface area contributed by atoms with Gasteiger partial charge in [0.05, 0.1) is 26.4 Å². The number of carbonyl (C=O) groups excluding carboxylic acids is 1. The van der Waals surface area contributed by atoms with Gasteiger partial charge in [0.2, 0.25) is 5.91 Å². The Labute approximate surface area is 150 Å². The van der Waals surface area contributed by atoms with Gasteiger partial charge < -0.3 is 14.4 Å². The third-order valence-corrected chi connectivity index (χ3v) is 4.97. The van der Waals surface area contributed by atoms with Crippen molar-refractivity contribution >= 4 is 5.91 Å². The van der Waals surface area contributed by atoms with Crippen LogP contribution in [0.15, 0.2) is 24.3 Å². The van der Waals surface area contributed by atoms with Gasteiger partial charge in [0.1, 0.15) is 5.75 Å². The van der Waals surface area contributed by atoms with Crippen LogP contribution in [0.3, 0.4) is 0 Å². The molecule has 0 radical (unpaired) electrons. The summed E-state index contributed by atoms with van der Waals surface area (Å²) in [5, 5.41) is 0. The highest BCUT2D eigenvalue weighted by molar-refractivity contribution is 5.78. The summed E-state index contributed by atoms with van der Waals surface area (Å²) in [5.74, 6) is 1.13. The van der Waals surface area contributed by atoms with Crippen LogP contribution in [0.1, 0.15) is 12.5 Å². The van der Waals surface area contributed by atoms with Gasteiger partial charge in [-0.1, -0.05) is 12.1 Å². The van der Waals surface area contributed by atoms with E-state index in [4.69, 9.17) is 9.47 Å². The normalized spacial score (nSPS) is 22.8. The first-order valence-electron chi connectivity index (χ1n) is 9.11. The van der Waals surface area contributed by atoms with Gasteiger partial charge in [0, 0.05) is 45.8 Å². The molecule has 6 heteroatoms. The monoisotopic (exact) mass is 347 g/mol. The number of hydrogen-bond donors (Lipinski definition) is 0. The number of methoxy groups -OCH3 is 1. The van der Waals surface area contributed by atoms with E-state index in [1.807, 2.05) is 17.0 Å². The molecule has 0 N–H and O–H groups in total. The van der Waals surface area contributed by atoms with Crippen molar-refractivity contribution in [2.75, 3.05) is 59.5 Å². The zero-order chi connectivity index (χ0) is 17.6.